The van der Waals surface area contributed by atoms with Crippen molar-refractivity contribution in [3.05, 3.63) is 41.5 Å². The number of halogens is 4. The van der Waals surface area contributed by atoms with Crippen molar-refractivity contribution in [2.24, 2.45) is 10.2 Å². The van der Waals surface area contributed by atoms with Gasteiger partial charge in [0.2, 0.25) is 5.70 Å². The molecule has 0 unspecified atom stereocenters. The van der Waals surface area contributed by atoms with E-state index in [-0.39, 0.29) is 12.3 Å². The zero-order valence-electron chi connectivity index (χ0n) is 10.7. The van der Waals surface area contributed by atoms with Crippen molar-refractivity contribution < 1.29 is 32.2 Å². The molecule has 0 heterocycles. The van der Waals surface area contributed by atoms with Crippen LogP contribution in [0, 0.1) is 5.82 Å². The molecule has 0 aliphatic rings. The van der Waals surface area contributed by atoms with E-state index < -0.39 is 29.2 Å². The number of aliphatic hydroxyl groups excluding tert-OH is 1. The van der Waals surface area contributed by atoms with E-state index in [1.165, 1.54) is 6.92 Å². The second kappa shape index (κ2) is 6.82. The number of alkyl halides is 3. The van der Waals surface area contributed by atoms with Crippen molar-refractivity contribution in [3.63, 3.8) is 0 Å². The van der Waals surface area contributed by atoms with Gasteiger partial charge in [-0.2, -0.15) is 18.3 Å². The number of nitrogens with zero attached hydrogens (tertiary/aromatic N) is 2. The molecular formula is C12H10F4N2O3. The first kappa shape index (κ1) is 16.6. The molecule has 0 bridgehead atoms. The number of carbonyl (C=O) groups is 1. The molecule has 0 aromatic heterocycles. The minimum atomic E-state index is -4.82. The Morgan fingerprint density at radius 2 is 2.10 bits per heavy atom. The van der Waals surface area contributed by atoms with Crippen LogP contribution < -0.4 is 0 Å². The summed E-state index contributed by atoms with van der Waals surface area (Å²) in [4.78, 5) is 11.2. The number of azo groups is 1. The molecule has 0 aliphatic carbocycles. The lowest BCUT2D eigenvalue weighted by molar-refractivity contribution is -0.140. The van der Waals surface area contributed by atoms with Crippen molar-refractivity contribution in [1.29, 1.82) is 0 Å². The van der Waals surface area contributed by atoms with E-state index in [0.717, 1.165) is 6.07 Å². The molecule has 1 N–H and O–H groups in total. The number of benzene rings is 1. The molecule has 1 rings (SSSR count). The average Bonchev–Trinajstić information content (AvgIpc) is 2.38. The summed E-state index contributed by atoms with van der Waals surface area (Å²) in [5.74, 6) is -2.50. The zero-order chi connectivity index (χ0) is 16.0. The van der Waals surface area contributed by atoms with Crippen LogP contribution >= 0.6 is 0 Å². The number of hydrogen-bond acceptors (Lipinski definition) is 5. The van der Waals surface area contributed by atoms with E-state index >= 15 is 0 Å². The molecule has 114 valence electrons. The Labute approximate surface area is 116 Å². The van der Waals surface area contributed by atoms with Crippen LogP contribution in [0.15, 0.2) is 40.4 Å². The minimum absolute atomic E-state index is 0.0284. The maximum Gasteiger partial charge on any atom is 0.419 e. The smallest absolute Gasteiger partial charge is 0.419 e. The monoisotopic (exact) mass is 306 g/mol. The fraction of sp³-hybridized carbons (Fsp3) is 0.250. The third-order valence-corrected chi connectivity index (χ3v) is 2.14. The van der Waals surface area contributed by atoms with Gasteiger partial charge < -0.3 is 9.84 Å². The molecule has 9 heteroatoms. The number of rotatable bonds is 4. The van der Waals surface area contributed by atoms with Crippen LogP contribution in [0.4, 0.5) is 23.2 Å². The lowest BCUT2D eigenvalue weighted by Crippen LogP contribution is -2.07. The van der Waals surface area contributed by atoms with Crippen LogP contribution in [-0.2, 0) is 15.7 Å². The summed E-state index contributed by atoms with van der Waals surface area (Å²) in [7, 11) is 0. The summed E-state index contributed by atoms with van der Waals surface area (Å²) in [6.07, 6.45) is -4.50. The molecule has 0 aliphatic heterocycles. The van der Waals surface area contributed by atoms with Gasteiger partial charge in [-0.1, -0.05) is 0 Å². The van der Waals surface area contributed by atoms with Gasteiger partial charge in [-0.05, 0) is 19.1 Å². The lowest BCUT2D eigenvalue weighted by Gasteiger charge is -2.07. The summed E-state index contributed by atoms with van der Waals surface area (Å²) >= 11 is 0. The highest BCUT2D eigenvalue weighted by Gasteiger charge is 2.33. The third-order valence-electron chi connectivity index (χ3n) is 2.14. The quantitative estimate of drug-likeness (QED) is 0.301. The van der Waals surface area contributed by atoms with Crippen molar-refractivity contribution in [2.45, 2.75) is 13.1 Å². The largest absolute Gasteiger partial charge is 0.513 e. The highest BCUT2D eigenvalue weighted by molar-refractivity contribution is 5.87. The van der Waals surface area contributed by atoms with Crippen LogP contribution in [0.2, 0.25) is 0 Å². The Kier molecular flexibility index (Phi) is 5.39. The standard InChI is InChI=1S/C12H10F4N2O3/c1-2-21-11(20)10(6-19)18-17-7-3-4-8(9(13)5-7)12(14,15)16/h3-6,19H,2H2,1H3. The summed E-state index contributed by atoms with van der Waals surface area (Å²) in [5, 5.41) is 15.4. The van der Waals surface area contributed by atoms with Gasteiger partial charge in [0, 0.05) is 6.07 Å². The van der Waals surface area contributed by atoms with Gasteiger partial charge in [0.05, 0.1) is 17.9 Å². The van der Waals surface area contributed by atoms with E-state index in [1.54, 1.807) is 0 Å². The number of esters is 1. The molecule has 1 aromatic carbocycles. The first-order chi connectivity index (χ1) is 9.79. The average molecular weight is 306 g/mol. The lowest BCUT2D eigenvalue weighted by atomic mass is 10.2. The van der Waals surface area contributed by atoms with Crippen LogP contribution in [-0.4, -0.2) is 17.7 Å². The molecule has 0 radical (unpaired) electrons. The minimum Gasteiger partial charge on any atom is -0.513 e. The van der Waals surface area contributed by atoms with Crippen molar-refractivity contribution in [1.82, 2.24) is 0 Å². The molecule has 0 spiro atoms. The number of carbonyl (C=O) groups excluding carboxylic acids is 1. The first-order valence-corrected chi connectivity index (χ1v) is 5.59. The SMILES string of the molecule is CCOC(=O)C(=CO)N=Nc1ccc(C(F)(F)F)c(F)c1. The fourth-order valence-corrected chi connectivity index (χ4v) is 1.23. The molecule has 5 nitrogen and oxygen atoms in total. The van der Waals surface area contributed by atoms with Gasteiger partial charge in [0.1, 0.15) is 12.1 Å². The van der Waals surface area contributed by atoms with Gasteiger partial charge in [-0.25, -0.2) is 9.18 Å². The Hall–Kier alpha value is -2.45. The van der Waals surface area contributed by atoms with Crippen molar-refractivity contribution >= 4 is 11.7 Å². The summed E-state index contributed by atoms with van der Waals surface area (Å²) < 4.78 is 54.8. The Morgan fingerprint density at radius 1 is 1.43 bits per heavy atom. The number of aliphatic hydroxyl groups is 1. The van der Waals surface area contributed by atoms with Crippen molar-refractivity contribution in [2.75, 3.05) is 6.61 Å². The van der Waals surface area contributed by atoms with Crippen LogP contribution in [0.5, 0.6) is 0 Å². The highest BCUT2D eigenvalue weighted by atomic mass is 19.4. The van der Waals surface area contributed by atoms with E-state index in [4.69, 9.17) is 5.11 Å². The number of ether oxygens (including phenoxy) is 1. The third kappa shape index (κ3) is 4.55. The van der Waals surface area contributed by atoms with Crippen LogP contribution in [0.25, 0.3) is 0 Å². The maximum absolute atomic E-state index is 13.3. The predicted molar refractivity (Wildman–Crippen MR) is 63.3 cm³/mol. The molecule has 21 heavy (non-hydrogen) atoms. The number of hydrogen-bond donors (Lipinski definition) is 1. The zero-order valence-corrected chi connectivity index (χ0v) is 10.7. The van der Waals surface area contributed by atoms with E-state index in [2.05, 4.69) is 15.0 Å². The fourth-order valence-electron chi connectivity index (χ4n) is 1.23. The van der Waals surface area contributed by atoms with Gasteiger partial charge in [-0.15, -0.1) is 5.11 Å². The molecule has 1 aromatic rings. The molecule has 0 fully saturated rings. The first-order valence-electron chi connectivity index (χ1n) is 5.59. The molecule has 0 amide bonds. The van der Waals surface area contributed by atoms with E-state index in [9.17, 15) is 22.4 Å². The predicted octanol–water partition coefficient (Wildman–Crippen LogP) is 3.89. The second-order valence-electron chi connectivity index (χ2n) is 3.60. The molecule has 0 saturated carbocycles. The summed E-state index contributed by atoms with van der Waals surface area (Å²) in [6, 6.07) is 1.87. The Bertz CT molecular complexity index is 582. The van der Waals surface area contributed by atoms with Crippen LogP contribution in [0.3, 0.4) is 0 Å². The van der Waals surface area contributed by atoms with Gasteiger partial charge in [0.25, 0.3) is 0 Å². The summed E-state index contributed by atoms with van der Waals surface area (Å²) in [5.41, 5.74) is -2.27. The molecule has 0 saturated heterocycles. The van der Waals surface area contributed by atoms with Gasteiger partial charge in [0.15, 0.2) is 0 Å². The topological polar surface area (TPSA) is 71.2 Å². The van der Waals surface area contributed by atoms with E-state index in [1.807, 2.05) is 0 Å². The van der Waals surface area contributed by atoms with E-state index in [0.29, 0.717) is 18.4 Å². The van der Waals surface area contributed by atoms with Gasteiger partial charge >= 0.3 is 12.1 Å². The normalized spacial score (nSPS) is 12.7. The molecular weight excluding hydrogens is 296 g/mol. The Morgan fingerprint density at radius 3 is 2.57 bits per heavy atom. The highest BCUT2D eigenvalue weighted by Crippen LogP contribution is 2.33. The summed E-state index contributed by atoms with van der Waals surface area (Å²) in [6.45, 7) is 1.55. The second-order valence-corrected chi connectivity index (χ2v) is 3.60. The molecule has 0 atom stereocenters. The van der Waals surface area contributed by atoms with Crippen molar-refractivity contribution in [3.8, 4) is 0 Å². The maximum atomic E-state index is 13.3. The van der Waals surface area contributed by atoms with Crippen LogP contribution in [0.1, 0.15) is 12.5 Å². The Balaban J connectivity index is 2.96. The van der Waals surface area contributed by atoms with Gasteiger partial charge in [-0.3, -0.25) is 0 Å².